The number of hydrogen-bond acceptors (Lipinski definition) is 3. The Morgan fingerprint density at radius 2 is 1.96 bits per heavy atom. The van der Waals surface area contributed by atoms with Gasteiger partial charge in [0.05, 0.1) is 13.2 Å². The van der Waals surface area contributed by atoms with Gasteiger partial charge in [-0.05, 0) is 56.5 Å². The first-order chi connectivity index (χ1) is 12.4. The van der Waals surface area contributed by atoms with Crippen LogP contribution in [0.15, 0.2) is 42.5 Å². The van der Waals surface area contributed by atoms with E-state index in [1.165, 1.54) is 0 Å². The molecule has 3 rings (SSSR count). The van der Waals surface area contributed by atoms with Crippen LogP contribution in [0, 0.1) is 6.92 Å². The third kappa shape index (κ3) is 4.37. The first-order valence-electron chi connectivity index (χ1n) is 9.08. The summed E-state index contributed by atoms with van der Waals surface area (Å²) in [5.41, 5.74) is 3.05. The highest BCUT2D eigenvalue weighted by Crippen LogP contribution is 2.39. The molecule has 0 saturated carbocycles. The van der Waals surface area contributed by atoms with Gasteiger partial charge in [-0.2, -0.15) is 0 Å². The molecule has 4 nitrogen and oxygen atoms in total. The molecule has 0 aromatic heterocycles. The van der Waals surface area contributed by atoms with Crippen molar-refractivity contribution in [2.45, 2.75) is 51.7 Å². The van der Waals surface area contributed by atoms with Gasteiger partial charge in [-0.3, -0.25) is 4.79 Å². The first-order valence-corrected chi connectivity index (χ1v) is 9.08. The van der Waals surface area contributed by atoms with Gasteiger partial charge < -0.3 is 14.8 Å². The van der Waals surface area contributed by atoms with Crippen molar-refractivity contribution in [2.75, 3.05) is 7.11 Å². The van der Waals surface area contributed by atoms with Crippen LogP contribution in [0.25, 0.3) is 0 Å². The smallest absolute Gasteiger partial charge is 0.220 e. The molecular formula is C22H27NO3. The van der Waals surface area contributed by atoms with E-state index < -0.39 is 0 Å². The molecule has 1 atom stereocenters. The van der Waals surface area contributed by atoms with Gasteiger partial charge in [0.1, 0.15) is 17.1 Å². The minimum atomic E-state index is -0.297. The van der Waals surface area contributed by atoms with E-state index in [-0.39, 0.29) is 17.6 Å². The van der Waals surface area contributed by atoms with E-state index in [1.807, 2.05) is 37.3 Å². The van der Waals surface area contributed by atoms with E-state index in [0.717, 1.165) is 34.6 Å². The Hall–Kier alpha value is -2.49. The van der Waals surface area contributed by atoms with E-state index in [2.05, 4.69) is 31.3 Å². The zero-order valence-corrected chi connectivity index (χ0v) is 16.0. The zero-order chi connectivity index (χ0) is 18.7. The topological polar surface area (TPSA) is 47.6 Å². The summed E-state index contributed by atoms with van der Waals surface area (Å²) >= 11 is 0. The van der Waals surface area contributed by atoms with Gasteiger partial charge in [-0.15, -0.1) is 0 Å². The Labute approximate surface area is 155 Å². The third-order valence-electron chi connectivity index (χ3n) is 4.76. The second kappa shape index (κ2) is 7.40. The third-order valence-corrected chi connectivity index (χ3v) is 4.76. The second-order valence-corrected chi connectivity index (χ2v) is 7.58. The Morgan fingerprint density at radius 1 is 1.23 bits per heavy atom. The van der Waals surface area contributed by atoms with E-state index >= 15 is 0 Å². The maximum Gasteiger partial charge on any atom is 0.220 e. The summed E-state index contributed by atoms with van der Waals surface area (Å²) in [6.45, 7) is 6.18. The van der Waals surface area contributed by atoms with Crippen LogP contribution in [-0.4, -0.2) is 18.6 Å². The van der Waals surface area contributed by atoms with Crippen molar-refractivity contribution in [3.63, 3.8) is 0 Å². The molecular weight excluding hydrogens is 326 g/mol. The van der Waals surface area contributed by atoms with Gasteiger partial charge in [0, 0.05) is 18.4 Å². The molecule has 1 amide bonds. The minimum absolute atomic E-state index is 0.0160. The zero-order valence-electron chi connectivity index (χ0n) is 16.0. The summed E-state index contributed by atoms with van der Waals surface area (Å²) in [7, 11) is 1.65. The van der Waals surface area contributed by atoms with Crippen LogP contribution in [0.3, 0.4) is 0 Å². The number of aryl methyl sites for hydroxylation is 2. The highest BCUT2D eigenvalue weighted by Gasteiger charge is 2.34. The molecule has 1 heterocycles. The SMILES string of the molecule is COc1ccc(CCC(=O)N[C@@H]2CC(C)(C)Oc3cc(C)ccc32)cc1. The molecule has 0 spiro atoms. The van der Waals surface area contributed by atoms with Crippen molar-refractivity contribution < 1.29 is 14.3 Å². The molecule has 0 radical (unpaired) electrons. The van der Waals surface area contributed by atoms with Gasteiger partial charge in [-0.25, -0.2) is 0 Å². The Kier molecular flexibility index (Phi) is 5.21. The van der Waals surface area contributed by atoms with Gasteiger partial charge in [0.25, 0.3) is 0 Å². The summed E-state index contributed by atoms with van der Waals surface area (Å²) in [6, 6.07) is 14.0. The van der Waals surface area contributed by atoms with E-state index in [1.54, 1.807) is 7.11 Å². The summed E-state index contributed by atoms with van der Waals surface area (Å²) in [6.07, 6.45) is 1.94. The molecule has 26 heavy (non-hydrogen) atoms. The molecule has 4 heteroatoms. The molecule has 0 aliphatic carbocycles. The molecule has 2 aromatic carbocycles. The van der Waals surface area contributed by atoms with Crippen molar-refractivity contribution in [1.82, 2.24) is 5.32 Å². The van der Waals surface area contributed by atoms with Crippen molar-refractivity contribution in [3.8, 4) is 11.5 Å². The fraction of sp³-hybridized carbons (Fsp3) is 0.409. The summed E-state index contributed by atoms with van der Waals surface area (Å²) in [5, 5.41) is 3.20. The quantitative estimate of drug-likeness (QED) is 0.869. The normalized spacial score (nSPS) is 17.8. The minimum Gasteiger partial charge on any atom is -0.497 e. The lowest BCUT2D eigenvalue weighted by molar-refractivity contribution is -0.122. The highest BCUT2D eigenvalue weighted by atomic mass is 16.5. The number of carbonyl (C=O) groups excluding carboxylic acids is 1. The Balaban J connectivity index is 1.65. The number of ether oxygens (including phenoxy) is 2. The molecule has 2 aromatic rings. The van der Waals surface area contributed by atoms with Gasteiger partial charge in [-0.1, -0.05) is 24.3 Å². The first kappa shape index (κ1) is 18.3. The standard InChI is InChI=1S/C22H27NO3/c1-15-5-11-18-19(14-22(2,3)26-20(18)13-15)23-21(24)12-8-16-6-9-17(25-4)10-7-16/h5-7,9-11,13,19H,8,12,14H2,1-4H3,(H,23,24)/t19-/m1/s1. The van der Waals surface area contributed by atoms with Gasteiger partial charge >= 0.3 is 0 Å². The van der Waals surface area contributed by atoms with Gasteiger partial charge in [0.2, 0.25) is 5.91 Å². The predicted octanol–water partition coefficient (Wildman–Crippen LogP) is 4.35. The summed E-state index contributed by atoms with van der Waals surface area (Å²) in [5.74, 6) is 1.77. The fourth-order valence-electron chi connectivity index (χ4n) is 3.40. The van der Waals surface area contributed by atoms with Crippen LogP contribution in [0.1, 0.15) is 49.4 Å². The van der Waals surface area contributed by atoms with Crippen LogP contribution >= 0.6 is 0 Å². The number of benzene rings is 2. The largest absolute Gasteiger partial charge is 0.497 e. The second-order valence-electron chi connectivity index (χ2n) is 7.58. The predicted molar refractivity (Wildman–Crippen MR) is 103 cm³/mol. The molecule has 1 aliphatic rings. The number of rotatable bonds is 5. The molecule has 0 bridgehead atoms. The Bertz CT molecular complexity index is 780. The average molecular weight is 353 g/mol. The van der Waals surface area contributed by atoms with E-state index in [0.29, 0.717) is 12.8 Å². The van der Waals surface area contributed by atoms with Crippen LogP contribution in [0.5, 0.6) is 11.5 Å². The molecule has 1 N–H and O–H groups in total. The number of fused-ring (bicyclic) bond motifs is 1. The van der Waals surface area contributed by atoms with Crippen LogP contribution in [0.4, 0.5) is 0 Å². The van der Waals surface area contributed by atoms with Crippen molar-refractivity contribution in [3.05, 3.63) is 59.2 Å². The lowest BCUT2D eigenvalue weighted by atomic mass is 9.89. The molecule has 138 valence electrons. The summed E-state index contributed by atoms with van der Waals surface area (Å²) < 4.78 is 11.3. The van der Waals surface area contributed by atoms with Crippen LogP contribution < -0.4 is 14.8 Å². The monoisotopic (exact) mass is 353 g/mol. The summed E-state index contributed by atoms with van der Waals surface area (Å²) in [4.78, 5) is 12.5. The van der Waals surface area contributed by atoms with E-state index in [9.17, 15) is 4.79 Å². The fourth-order valence-corrected chi connectivity index (χ4v) is 3.40. The lowest BCUT2D eigenvalue weighted by Crippen LogP contribution is -2.41. The Morgan fingerprint density at radius 3 is 2.65 bits per heavy atom. The number of hydrogen-bond donors (Lipinski definition) is 1. The average Bonchev–Trinajstić information content (AvgIpc) is 2.59. The maximum absolute atomic E-state index is 12.5. The number of amides is 1. The van der Waals surface area contributed by atoms with E-state index in [4.69, 9.17) is 9.47 Å². The van der Waals surface area contributed by atoms with Gasteiger partial charge in [0.15, 0.2) is 0 Å². The molecule has 1 aliphatic heterocycles. The number of methoxy groups -OCH3 is 1. The van der Waals surface area contributed by atoms with Crippen LogP contribution in [-0.2, 0) is 11.2 Å². The number of nitrogens with one attached hydrogen (secondary N) is 1. The lowest BCUT2D eigenvalue weighted by Gasteiger charge is -2.38. The van der Waals surface area contributed by atoms with Crippen molar-refractivity contribution in [1.29, 1.82) is 0 Å². The molecule has 0 unspecified atom stereocenters. The van der Waals surface area contributed by atoms with Crippen LogP contribution in [0.2, 0.25) is 0 Å². The maximum atomic E-state index is 12.5. The van der Waals surface area contributed by atoms with Crippen molar-refractivity contribution >= 4 is 5.91 Å². The molecule has 0 saturated heterocycles. The van der Waals surface area contributed by atoms with Crippen molar-refractivity contribution in [2.24, 2.45) is 0 Å². The molecule has 0 fully saturated rings. The number of carbonyl (C=O) groups is 1. The highest BCUT2D eigenvalue weighted by molar-refractivity contribution is 5.77.